The zero-order valence-electron chi connectivity index (χ0n) is 10.3. The van der Waals surface area contributed by atoms with Gasteiger partial charge in [0.1, 0.15) is 5.01 Å². The van der Waals surface area contributed by atoms with Crippen molar-refractivity contribution >= 4 is 11.3 Å². The van der Waals surface area contributed by atoms with Gasteiger partial charge < -0.3 is 15.8 Å². The third-order valence-corrected chi connectivity index (χ3v) is 4.03. The average molecular weight is 255 g/mol. The predicted molar refractivity (Wildman–Crippen MR) is 70.0 cm³/mol. The van der Waals surface area contributed by atoms with Crippen LogP contribution in [0.5, 0.6) is 0 Å². The minimum atomic E-state index is 0.0423. The van der Waals surface area contributed by atoms with Crippen LogP contribution >= 0.6 is 11.3 Å². The number of hydrogen-bond donors (Lipinski definition) is 2. The van der Waals surface area contributed by atoms with Crippen molar-refractivity contribution in [2.24, 2.45) is 5.73 Å². The molecule has 2 atom stereocenters. The highest BCUT2D eigenvalue weighted by molar-refractivity contribution is 7.09. The molecule has 3 N–H and O–H groups in total. The number of aromatic nitrogens is 1. The molecule has 0 spiro atoms. The number of nitrogens with zero attached hydrogens (tertiary/aromatic N) is 1. The minimum Gasteiger partial charge on any atom is -0.378 e. The van der Waals surface area contributed by atoms with Crippen LogP contribution in [0.2, 0.25) is 0 Å². The lowest BCUT2D eigenvalue weighted by atomic mass is 10.2. The van der Waals surface area contributed by atoms with Crippen molar-refractivity contribution in [3.8, 4) is 0 Å². The summed E-state index contributed by atoms with van der Waals surface area (Å²) in [5.41, 5.74) is 6.87. The fourth-order valence-corrected chi connectivity index (χ4v) is 2.74. The van der Waals surface area contributed by atoms with Gasteiger partial charge in [-0.3, -0.25) is 0 Å². The molecule has 96 valence electrons. The molecule has 2 rings (SSSR count). The van der Waals surface area contributed by atoms with E-state index in [0.29, 0.717) is 6.10 Å². The normalized spacial score (nSPS) is 21.9. The molecule has 5 heteroatoms. The van der Waals surface area contributed by atoms with E-state index in [9.17, 15) is 0 Å². The lowest BCUT2D eigenvalue weighted by molar-refractivity contribution is 0.104. The molecule has 0 saturated carbocycles. The van der Waals surface area contributed by atoms with Gasteiger partial charge in [0.15, 0.2) is 0 Å². The predicted octanol–water partition coefficient (Wildman–Crippen LogP) is 1.82. The third kappa shape index (κ3) is 4.03. The van der Waals surface area contributed by atoms with Gasteiger partial charge in [-0.15, -0.1) is 11.3 Å². The first-order chi connectivity index (χ1) is 8.25. The van der Waals surface area contributed by atoms with Gasteiger partial charge in [-0.05, 0) is 32.7 Å². The van der Waals surface area contributed by atoms with Gasteiger partial charge >= 0.3 is 0 Å². The second-order valence-corrected chi connectivity index (χ2v) is 5.46. The molecule has 0 aromatic carbocycles. The summed E-state index contributed by atoms with van der Waals surface area (Å²) in [5.74, 6) is 0. The van der Waals surface area contributed by atoms with E-state index in [1.165, 1.54) is 12.8 Å². The minimum absolute atomic E-state index is 0.0423. The molecule has 4 nitrogen and oxygen atoms in total. The maximum Gasteiger partial charge on any atom is 0.109 e. The van der Waals surface area contributed by atoms with E-state index in [-0.39, 0.29) is 6.04 Å². The maximum atomic E-state index is 5.78. The van der Waals surface area contributed by atoms with E-state index < -0.39 is 0 Å². The fourth-order valence-electron chi connectivity index (χ4n) is 1.96. The van der Waals surface area contributed by atoms with Crippen LogP contribution in [0, 0.1) is 0 Å². The largest absolute Gasteiger partial charge is 0.378 e. The highest BCUT2D eigenvalue weighted by atomic mass is 32.1. The molecular weight excluding hydrogens is 234 g/mol. The lowest BCUT2D eigenvalue weighted by Gasteiger charge is -2.09. The van der Waals surface area contributed by atoms with Gasteiger partial charge in [0.25, 0.3) is 0 Å². The van der Waals surface area contributed by atoms with Crippen molar-refractivity contribution in [2.75, 3.05) is 13.2 Å². The van der Waals surface area contributed by atoms with Crippen molar-refractivity contribution in [3.63, 3.8) is 0 Å². The summed E-state index contributed by atoms with van der Waals surface area (Å²) in [6.45, 7) is 4.73. The molecule has 1 aliphatic rings. The smallest absolute Gasteiger partial charge is 0.109 e. The molecule has 0 bridgehead atoms. The first-order valence-electron chi connectivity index (χ1n) is 6.28. The first kappa shape index (κ1) is 13.0. The Balaban J connectivity index is 1.63. The highest BCUT2D eigenvalue weighted by Crippen LogP contribution is 2.16. The standard InChI is InChI=1S/C12H21N3OS/c1-9(13)12-15-10(8-17-12)7-14-5-4-11-3-2-6-16-11/h8-9,11,14H,2-7,13H2,1H3. The summed E-state index contributed by atoms with van der Waals surface area (Å²) in [4.78, 5) is 4.48. The van der Waals surface area contributed by atoms with Crippen LogP contribution in [-0.2, 0) is 11.3 Å². The van der Waals surface area contributed by atoms with Crippen molar-refractivity contribution < 1.29 is 4.74 Å². The molecule has 1 aliphatic heterocycles. The van der Waals surface area contributed by atoms with E-state index in [4.69, 9.17) is 10.5 Å². The molecule has 0 amide bonds. The van der Waals surface area contributed by atoms with Gasteiger partial charge in [0, 0.05) is 18.5 Å². The van der Waals surface area contributed by atoms with Crippen LogP contribution in [0.15, 0.2) is 5.38 Å². The molecule has 0 radical (unpaired) electrons. The zero-order chi connectivity index (χ0) is 12.1. The van der Waals surface area contributed by atoms with Gasteiger partial charge in [-0.1, -0.05) is 0 Å². The number of thiazole rings is 1. The molecule has 1 fully saturated rings. The Morgan fingerprint density at radius 3 is 3.24 bits per heavy atom. The summed E-state index contributed by atoms with van der Waals surface area (Å²) in [7, 11) is 0. The van der Waals surface area contributed by atoms with E-state index >= 15 is 0 Å². The fraction of sp³-hybridized carbons (Fsp3) is 0.750. The summed E-state index contributed by atoms with van der Waals surface area (Å²) in [6.07, 6.45) is 4.00. The summed E-state index contributed by atoms with van der Waals surface area (Å²) >= 11 is 1.64. The SMILES string of the molecule is CC(N)c1nc(CNCCC2CCCO2)cs1. The number of ether oxygens (including phenoxy) is 1. The van der Waals surface area contributed by atoms with Gasteiger partial charge in [0.05, 0.1) is 17.8 Å². The molecule has 2 heterocycles. The van der Waals surface area contributed by atoms with Crippen LogP contribution in [0.4, 0.5) is 0 Å². The Hall–Kier alpha value is -0.490. The summed E-state index contributed by atoms with van der Waals surface area (Å²) < 4.78 is 5.57. The quantitative estimate of drug-likeness (QED) is 0.761. The Labute approximate surface area is 107 Å². The molecular formula is C12H21N3OS. The highest BCUT2D eigenvalue weighted by Gasteiger charge is 2.14. The van der Waals surface area contributed by atoms with Crippen LogP contribution in [-0.4, -0.2) is 24.2 Å². The van der Waals surface area contributed by atoms with Crippen LogP contribution < -0.4 is 11.1 Å². The summed E-state index contributed by atoms with van der Waals surface area (Å²) in [5, 5.41) is 6.50. The van der Waals surface area contributed by atoms with E-state index in [1.807, 2.05) is 6.92 Å². The zero-order valence-corrected chi connectivity index (χ0v) is 11.1. The second kappa shape index (κ2) is 6.44. The van der Waals surface area contributed by atoms with Gasteiger partial charge in [-0.25, -0.2) is 4.98 Å². The van der Waals surface area contributed by atoms with E-state index in [2.05, 4.69) is 15.7 Å². The van der Waals surface area contributed by atoms with Crippen molar-refractivity contribution in [1.82, 2.24) is 10.3 Å². The van der Waals surface area contributed by atoms with Crippen molar-refractivity contribution in [3.05, 3.63) is 16.1 Å². The van der Waals surface area contributed by atoms with Gasteiger partial charge in [0.2, 0.25) is 0 Å². The number of hydrogen-bond acceptors (Lipinski definition) is 5. The Kier molecular flexibility index (Phi) is 4.91. The second-order valence-electron chi connectivity index (χ2n) is 4.57. The molecule has 1 aromatic heterocycles. The van der Waals surface area contributed by atoms with Crippen LogP contribution in [0.3, 0.4) is 0 Å². The number of rotatable bonds is 6. The van der Waals surface area contributed by atoms with E-state index in [0.717, 1.165) is 36.8 Å². The van der Waals surface area contributed by atoms with Crippen molar-refractivity contribution in [2.45, 2.75) is 44.9 Å². The number of nitrogens with two attached hydrogens (primary N) is 1. The van der Waals surface area contributed by atoms with Gasteiger partial charge in [-0.2, -0.15) is 0 Å². The molecule has 1 saturated heterocycles. The topological polar surface area (TPSA) is 60.2 Å². The molecule has 0 aliphatic carbocycles. The van der Waals surface area contributed by atoms with E-state index in [1.54, 1.807) is 11.3 Å². The van der Waals surface area contributed by atoms with Crippen LogP contribution in [0.1, 0.15) is 42.9 Å². The lowest BCUT2D eigenvalue weighted by Crippen LogP contribution is -2.20. The first-order valence-corrected chi connectivity index (χ1v) is 7.16. The summed E-state index contributed by atoms with van der Waals surface area (Å²) in [6, 6.07) is 0.0423. The maximum absolute atomic E-state index is 5.78. The Bertz CT molecular complexity index is 334. The molecule has 2 unspecified atom stereocenters. The third-order valence-electron chi connectivity index (χ3n) is 2.93. The average Bonchev–Trinajstić information content (AvgIpc) is 2.96. The molecule has 1 aromatic rings. The van der Waals surface area contributed by atoms with Crippen molar-refractivity contribution in [1.29, 1.82) is 0 Å². The monoisotopic (exact) mass is 255 g/mol. The molecule has 17 heavy (non-hydrogen) atoms. The Morgan fingerprint density at radius 2 is 2.59 bits per heavy atom. The Morgan fingerprint density at radius 1 is 1.71 bits per heavy atom. The van der Waals surface area contributed by atoms with Crippen LogP contribution in [0.25, 0.3) is 0 Å². The number of nitrogens with one attached hydrogen (secondary N) is 1.